The van der Waals surface area contributed by atoms with Gasteiger partial charge in [0.05, 0.1) is 5.69 Å². The Morgan fingerprint density at radius 2 is 0.710 bits per heavy atom. The van der Waals surface area contributed by atoms with E-state index in [4.69, 9.17) is 40.4 Å². The number of para-hydroxylation sites is 1. The molecule has 162 valence electrons. The number of halogens is 4. The summed E-state index contributed by atoms with van der Waals surface area (Å²) in [5.74, 6) is 0. The quantitative estimate of drug-likeness (QED) is 0.197. The minimum atomic E-state index is -2.61. The molecule has 0 saturated heterocycles. The Bertz CT molecular complexity index is 944. The van der Waals surface area contributed by atoms with Crippen molar-refractivity contribution in [3.05, 3.63) is 121 Å². The van der Waals surface area contributed by atoms with Crippen molar-refractivity contribution < 1.29 is 9.20 Å². The Morgan fingerprint density at radius 1 is 0.452 bits per heavy atom. The first-order valence-electron chi connectivity index (χ1n) is 9.32. The van der Waals surface area contributed by atoms with Crippen LogP contribution >= 0.6 is 47.8 Å². The molecule has 0 aromatic heterocycles. The van der Waals surface area contributed by atoms with E-state index >= 15 is 0 Å². The van der Waals surface area contributed by atoms with Crippen LogP contribution in [-0.2, 0) is 9.20 Å². The van der Waals surface area contributed by atoms with Gasteiger partial charge in [-0.15, -0.1) is 0 Å². The summed E-state index contributed by atoms with van der Waals surface area (Å²) in [6, 6.07) is 42.9. The molecule has 4 aromatic rings. The van der Waals surface area contributed by atoms with Gasteiger partial charge < -0.3 is 0 Å². The molecule has 0 spiro atoms. The molecule has 31 heavy (non-hydrogen) atoms. The van der Waals surface area contributed by atoms with E-state index in [9.17, 15) is 0 Å². The molecule has 1 N–H and O–H groups in total. The second kappa shape index (κ2) is 11.6. The van der Waals surface area contributed by atoms with Crippen molar-refractivity contribution in [3.63, 3.8) is 0 Å². The smallest absolute Gasteiger partial charge is 0.199 e. The van der Waals surface area contributed by atoms with Gasteiger partial charge in [-0.1, -0.05) is 72.8 Å². The van der Waals surface area contributed by atoms with E-state index in [1.54, 1.807) is 0 Å². The molecule has 4 aromatic carbocycles. The van der Waals surface area contributed by atoms with Gasteiger partial charge in [0.2, 0.25) is 0 Å². The Balaban J connectivity index is 0.000000491. The maximum absolute atomic E-state index is 4.95. The standard InChI is InChI=1S/C24H21NP.4ClH.Fe/c1-5-13-21(14-6-1)25-26(22-15-7-2-8-16-22,23-17-9-3-10-18-23)24-19-11-4-12-20-24;;;;;/h1-20,25H;4*1H;/q+1;;;;;+4/p-4. The van der Waals surface area contributed by atoms with Crippen molar-refractivity contribution in [2.75, 3.05) is 5.09 Å². The second-order valence-corrected chi connectivity index (χ2v) is 20.5. The topological polar surface area (TPSA) is 12.0 Å². The zero-order valence-electron chi connectivity index (χ0n) is 16.4. The molecule has 0 aliphatic carbocycles. The largest absolute Gasteiger partial charge is 0.247 e. The summed E-state index contributed by atoms with van der Waals surface area (Å²) < 4.78 is 0. The summed E-state index contributed by atoms with van der Waals surface area (Å²) in [7, 11) is 15.2. The number of nitrogens with one attached hydrogen (secondary N) is 1. The number of anilines is 1. The second-order valence-electron chi connectivity index (χ2n) is 6.46. The van der Waals surface area contributed by atoms with Crippen LogP contribution in [0, 0.1) is 0 Å². The van der Waals surface area contributed by atoms with E-state index in [2.05, 4.69) is 126 Å². The molecule has 0 bridgehead atoms. The fourth-order valence-electron chi connectivity index (χ4n) is 3.30. The van der Waals surface area contributed by atoms with Crippen LogP contribution in [0.4, 0.5) is 5.69 Å². The number of benzene rings is 4. The zero-order chi connectivity index (χ0) is 22.2. The van der Waals surface area contributed by atoms with Gasteiger partial charge in [0.15, 0.2) is 7.41 Å². The summed E-state index contributed by atoms with van der Waals surface area (Å²) >= 11 is 0. The summed E-state index contributed by atoms with van der Waals surface area (Å²) in [5, 5.41) is 7.91. The van der Waals surface area contributed by atoms with Crippen LogP contribution in [0.25, 0.3) is 0 Å². The Morgan fingerprint density at radius 3 is 1.00 bits per heavy atom. The van der Waals surface area contributed by atoms with Crippen LogP contribution in [0.2, 0.25) is 0 Å². The summed E-state index contributed by atoms with van der Waals surface area (Å²) in [5.41, 5.74) is 1.14. The molecule has 0 atom stereocenters. The number of rotatable bonds is 5. The van der Waals surface area contributed by atoms with Crippen molar-refractivity contribution in [1.29, 1.82) is 0 Å². The molecule has 0 aliphatic heterocycles. The van der Waals surface area contributed by atoms with Crippen LogP contribution in [-0.4, -0.2) is 0 Å². The number of hydrogen-bond acceptors (Lipinski definition) is 1. The minimum absolute atomic E-state index is 1.14. The summed E-state index contributed by atoms with van der Waals surface area (Å²) in [4.78, 5) is 0. The normalized spacial score (nSPS) is 11.7. The summed E-state index contributed by atoms with van der Waals surface area (Å²) in [6.07, 6.45) is 0. The van der Waals surface area contributed by atoms with Crippen LogP contribution < -0.4 is 21.0 Å². The molecule has 4 rings (SSSR count). The molecular formula is C24H21Cl4FeNP+. The van der Waals surface area contributed by atoms with Crippen molar-refractivity contribution in [1.82, 2.24) is 0 Å². The van der Waals surface area contributed by atoms with Gasteiger partial charge in [-0.05, 0) is 48.5 Å². The average Bonchev–Trinajstić information content (AvgIpc) is 2.79. The molecule has 0 radical (unpaired) electrons. The summed E-state index contributed by atoms with van der Waals surface area (Å²) in [6.45, 7) is 0. The van der Waals surface area contributed by atoms with Crippen LogP contribution in [0.15, 0.2) is 121 Å². The number of hydrogen-bond donors (Lipinski definition) is 1. The van der Waals surface area contributed by atoms with Crippen molar-refractivity contribution in [2.24, 2.45) is 0 Å². The molecule has 0 amide bonds. The third-order valence-corrected chi connectivity index (χ3v) is 8.31. The maximum Gasteiger partial charge on any atom is 0.199 e. The monoisotopic (exact) mass is 550 g/mol. The van der Waals surface area contributed by atoms with Crippen molar-refractivity contribution in [3.8, 4) is 0 Å². The van der Waals surface area contributed by atoms with Crippen molar-refractivity contribution in [2.45, 2.75) is 0 Å². The maximum atomic E-state index is 4.95. The predicted octanol–water partition coefficient (Wildman–Crippen LogP) is 7.76. The van der Waals surface area contributed by atoms with Crippen LogP contribution in [0.5, 0.6) is 0 Å². The molecule has 0 unspecified atom stereocenters. The van der Waals surface area contributed by atoms with E-state index in [0.29, 0.717) is 0 Å². The third kappa shape index (κ3) is 7.14. The Hall–Kier alpha value is -1.21. The molecular weight excluding hydrogens is 531 g/mol. The van der Waals surface area contributed by atoms with Gasteiger partial charge in [0, 0.05) is 0 Å². The van der Waals surface area contributed by atoms with E-state index in [-0.39, 0.29) is 0 Å². The van der Waals surface area contributed by atoms with E-state index < -0.39 is 16.6 Å². The van der Waals surface area contributed by atoms with Gasteiger partial charge in [-0.2, -0.15) is 0 Å². The van der Waals surface area contributed by atoms with Crippen LogP contribution in [0.3, 0.4) is 0 Å². The zero-order valence-corrected chi connectivity index (χ0v) is 21.4. The molecule has 0 heterocycles. The van der Waals surface area contributed by atoms with E-state index in [0.717, 1.165) is 5.69 Å². The first-order chi connectivity index (χ1) is 14.9. The fourth-order valence-corrected chi connectivity index (χ4v) is 6.98. The molecule has 0 fully saturated rings. The first-order valence-corrected chi connectivity index (χ1v) is 17.2. The van der Waals surface area contributed by atoms with Gasteiger partial charge >= 0.3 is 49.6 Å². The van der Waals surface area contributed by atoms with Gasteiger partial charge in [-0.25, -0.2) is 5.09 Å². The van der Waals surface area contributed by atoms with Gasteiger partial charge in [-0.3, -0.25) is 0 Å². The van der Waals surface area contributed by atoms with E-state index in [1.807, 2.05) is 0 Å². The molecule has 1 nitrogen and oxygen atoms in total. The van der Waals surface area contributed by atoms with Gasteiger partial charge in [0.25, 0.3) is 0 Å². The Kier molecular flexibility index (Phi) is 9.14. The molecule has 0 saturated carbocycles. The molecule has 0 aliphatic rings. The average molecular weight is 552 g/mol. The third-order valence-electron chi connectivity index (χ3n) is 4.50. The Labute approximate surface area is 203 Å². The SMILES string of the molecule is [Cl][Fe]([Cl])([Cl])[Cl].c1ccc(N[P+](c2ccccc2)(c2ccccc2)c2ccccc2)cc1. The first kappa shape index (κ1) is 24.4. The fraction of sp³-hybridized carbons (Fsp3) is 0. The van der Waals surface area contributed by atoms with Crippen molar-refractivity contribution >= 4 is 69.4 Å². The molecule has 7 heteroatoms. The predicted molar refractivity (Wildman–Crippen MR) is 139 cm³/mol. The van der Waals surface area contributed by atoms with E-state index in [1.165, 1.54) is 15.9 Å². The van der Waals surface area contributed by atoms with Crippen LogP contribution in [0.1, 0.15) is 0 Å². The van der Waals surface area contributed by atoms with Gasteiger partial charge in [0.1, 0.15) is 15.9 Å². The minimum Gasteiger partial charge on any atom is -0.247 e.